The van der Waals surface area contributed by atoms with E-state index in [9.17, 15) is 14.0 Å². The van der Waals surface area contributed by atoms with Crippen molar-refractivity contribution in [3.8, 4) is 5.75 Å². The first-order valence-corrected chi connectivity index (χ1v) is 6.11. The van der Waals surface area contributed by atoms with Crippen LogP contribution in [0.3, 0.4) is 0 Å². The summed E-state index contributed by atoms with van der Waals surface area (Å²) in [5.41, 5.74) is 0. The number of halogens is 1. The van der Waals surface area contributed by atoms with Crippen LogP contribution in [0.25, 0.3) is 0 Å². The zero-order chi connectivity index (χ0) is 14.3. The highest BCUT2D eigenvalue weighted by atomic mass is 19.1. The second kappa shape index (κ2) is 7.51. The van der Waals surface area contributed by atoms with Crippen molar-refractivity contribution in [3.63, 3.8) is 0 Å². The van der Waals surface area contributed by atoms with E-state index >= 15 is 0 Å². The van der Waals surface area contributed by atoms with Gasteiger partial charge in [-0.05, 0) is 44.5 Å². The fraction of sp³-hybridized carbons (Fsp3) is 0.429. The van der Waals surface area contributed by atoms with E-state index in [1.165, 1.54) is 24.3 Å². The normalized spacial score (nSPS) is 10.3. The topological polar surface area (TPSA) is 52.6 Å². The minimum absolute atomic E-state index is 0.0761. The molecule has 4 nitrogen and oxygen atoms in total. The Morgan fingerprint density at radius 2 is 1.84 bits per heavy atom. The molecule has 0 aliphatic rings. The molecule has 0 atom stereocenters. The number of hydrogen-bond acceptors (Lipinski definition) is 4. The monoisotopic (exact) mass is 268 g/mol. The Balaban J connectivity index is 2.22. The standard InChI is InChI=1S/C14H17FO4/c1-10(2)19-14(17)13(16)4-3-9-18-12-7-5-11(15)6-8-12/h5-8,10H,3-4,9H2,1-2H3. The van der Waals surface area contributed by atoms with Crippen molar-refractivity contribution >= 4 is 11.8 Å². The Morgan fingerprint density at radius 3 is 2.42 bits per heavy atom. The van der Waals surface area contributed by atoms with Crippen molar-refractivity contribution in [3.05, 3.63) is 30.1 Å². The van der Waals surface area contributed by atoms with Crippen LogP contribution in [-0.4, -0.2) is 24.5 Å². The molecule has 0 saturated carbocycles. The van der Waals surface area contributed by atoms with E-state index in [-0.39, 0.29) is 24.9 Å². The predicted molar refractivity (Wildman–Crippen MR) is 67.4 cm³/mol. The Morgan fingerprint density at radius 1 is 1.21 bits per heavy atom. The summed E-state index contributed by atoms with van der Waals surface area (Å²) in [5, 5.41) is 0. The summed E-state index contributed by atoms with van der Waals surface area (Å²) in [6, 6.07) is 5.59. The van der Waals surface area contributed by atoms with E-state index in [0.717, 1.165) is 0 Å². The van der Waals surface area contributed by atoms with Crippen molar-refractivity contribution < 1.29 is 23.5 Å². The molecule has 104 valence electrons. The van der Waals surface area contributed by atoms with Crippen LogP contribution in [-0.2, 0) is 14.3 Å². The largest absolute Gasteiger partial charge is 0.494 e. The van der Waals surface area contributed by atoms with Gasteiger partial charge >= 0.3 is 5.97 Å². The first kappa shape index (κ1) is 15.1. The number of hydrogen-bond donors (Lipinski definition) is 0. The van der Waals surface area contributed by atoms with Crippen molar-refractivity contribution in [1.29, 1.82) is 0 Å². The number of carbonyl (C=O) groups excluding carboxylic acids is 2. The number of Topliss-reactive ketones (excluding diaryl/α,β-unsaturated/α-hetero) is 1. The molecule has 0 radical (unpaired) electrons. The van der Waals surface area contributed by atoms with Crippen LogP contribution in [0.5, 0.6) is 5.75 Å². The zero-order valence-corrected chi connectivity index (χ0v) is 11.0. The van der Waals surface area contributed by atoms with Crippen molar-refractivity contribution in [1.82, 2.24) is 0 Å². The molecule has 0 bridgehead atoms. The van der Waals surface area contributed by atoms with Gasteiger partial charge in [0.15, 0.2) is 0 Å². The molecule has 0 aliphatic heterocycles. The maximum Gasteiger partial charge on any atom is 0.374 e. The van der Waals surface area contributed by atoms with Gasteiger partial charge in [0.1, 0.15) is 11.6 Å². The van der Waals surface area contributed by atoms with E-state index < -0.39 is 11.8 Å². The number of esters is 1. The number of ketones is 1. The molecule has 0 aliphatic carbocycles. The fourth-order valence-corrected chi connectivity index (χ4v) is 1.34. The Labute approximate surface area is 111 Å². The lowest BCUT2D eigenvalue weighted by Crippen LogP contribution is -2.21. The summed E-state index contributed by atoms with van der Waals surface area (Å²) in [6.07, 6.45) is 0.183. The summed E-state index contributed by atoms with van der Waals surface area (Å²) < 4.78 is 22.7. The number of carbonyl (C=O) groups is 2. The quantitative estimate of drug-likeness (QED) is 0.433. The van der Waals surface area contributed by atoms with Crippen LogP contribution in [0.15, 0.2) is 24.3 Å². The molecule has 1 aromatic carbocycles. The summed E-state index contributed by atoms with van der Waals surface area (Å²) >= 11 is 0. The van der Waals surface area contributed by atoms with E-state index in [1.54, 1.807) is 13.8 Å². The summed E-state index contributed by atoms with van der Waals surface area (Å²) in [7, 11) is 0. The third-order valence-corrected chi connectivity index (χ3v) is 2.20. The number of rotatable bonds is 7. The summed E-state index contributed by atoms with van der Waals surface area (Å²) in [4.78, 5) is 22.6. The molecule has 0 amide bonds. The van der Waals surface area contributed by atoms with E-state index in [0.29, 0.717) is 12.2 Å². The Kier molecular flexibility index (Phi) is 5.99. The van der Waals surface area contributed by atoms with E-state index in [4.69, 9.17) is 9.47 Å². The van der Waals surface area contributed by atoms with Gasteiger partial charge in [-0.2, -0.15) is 0 Å². The summed E-state index contributed by atoms with van der Waals surface area (Å²) in [5.74, 6) is -1.18. The number of ether oxygens (including phenoxy) is 2. The van der Waals surface area contributed by atoms with Gasteiger partial charge in [0.2, 0.25) is 5.78 Å². The lowest BCUT2D eigenvalue weighted by atomic mass is 10.2. The molecule has 0 heterocycles. The molecule has 19 heavy (non-hydrogen) atoms. The van der Waals surface area contributed by atoms with Crippen LogP contribution in [0.2, 0.25) is 0 Å². The SMILES string of the molecule is CC(C)OC(=O)C(=O)CCCOc1ccc(F)cc1. The minimum Gasteiger partial charge on any atom is -0.494 e. The van der Waals surface area contributed by atoms with Gasteiger partial charge in [-0.25, -0.2) is 9.18 Å². The zero-order valence-electron chi connectivity index (χ0n) is 11.0. The van der Waals surface area contributed by atoms with Crippen molar-refractivity contribution in [2.24, 2.45) is 0 Å². The van der Waals surface area contributed by atoms with Gasteiger partial charge in [0, 0.05) is 6.42 Å². The first-order valence-electron chi connectivity index (χ1n) is 6.11. The molecular formula is C14H17FO4. The number of benzene rings is 1. The molecule has 0 N–H and O–H groups in total. The molecule has 0 spiro atoms. The summed E-state index contributed by atoms with van der Waals surface area (Å²) in [6.45, 7) is 3.65. The smallest absolute Gasteiger partial charge is 0.374 e. The van der Waals surface area contributed by atoms with Gasteiger partial charge < -0.3 is 9.47 Å². The van der Waals surface area contributed by atoms with E-state index in [2.05, 4.69) is 0 Å². The third kappa shape index (κ3) is 5.99. The molecule has 0 fully saturated rings. The first-order chi connectivity index (χ1) is 8.99. The Hall–Kier alpha value is -1.91. The van der Waals surface area contributed by atoms with Crippen molar-refractivity contribution in [2.45, 2.75) is 32.8 Å². The molecule has 5 heteroatoms. The molecule has 0 aromatic heterocycles. The van der Waals surface area contributed by atoms with Crippen LogP contribution in [0.1, 0.15) is 26.7 Å². The lowest BCUT2D eigenvalue weighted by molar-refractivity contribution is -0.156. The molecule has 0 unspecified atom stereocenters. The molecule has 0 saturated heterocycles. The second-order valence-corrected chi connectivity index (χ2v) is 4.28. The van der Waals surface area contributed by atoms with Crippen LogP contribution < -0.4 is 4.74 Å². The van der Waals surface area contributed by atoms with Gasteiger partial charge in [-0.3, -0.25) is 4.79 Å². The highest BCUT2D eigenvalue weighted by molar-refractivity contribution is 6.33. The fourth-order valence-electron chi connectivity index (χ4n) is 1.34. The van der Waals surface area contributed by atoms with Crippen LogP contribution >= 0.6 is 0 Å². The van der Waals surface area contributed by atoms with Crippen LogP contribution in [0, 0.1) is 5.82 Å². The highest BCUT2D eigenvalue weighted by Crippen LogP contribution is 2.11. The second-order valence-electron chi connectivity index (χ2n) is 4.28. The van der Waals surface area contributed by atoms with Crippen LogP contribution in [0.4, 0.5) is 4.39 Å². The maximum atomic E-state index is 12.6. The highest BCUT2D eigenvalue weighted by Gasteiger charge is 2.16. The lowest BCUT2D eigenvalue weighted by Gasteiger charge is -2.07. The van der Waals surface area contributed by atoms with Crippen molar-refractivity contribution in [2.75, 3.05) is 6.61 Å². The molecule has 1 aromatic rings. The minimum atomic E-state index is -0.809. The van der Waals surface area contributed by atoms with E-state index in [1.807, 2.05) is 0 Å². The third-order valence-electron chi connectivity index (χ3n) is 2.20. The van der Waals surface area contributed by atoms with Gasteiger partial charge in [0.25, 0.3) is 0 Å². The molecular weight excluding hydrogens is 251 g/mol. The van der Waals surface area contributed by atoms with Gasteiger partial charge in [-0.1, -0.05) is 0 Å². The average Bonchev–Trinajstić information content (AvgIpc) is 2.35. The predicted octanol–water partition coefficient (Wildman–Crippen LogP) is 2.51. The van der Waals surface area contributed by atoms with Gasteiger partial charge in [0.05, 0.1) is 12.7 Å². The average molecular weight is 268 g/mol. The maximum absolute atomic E-state index is 12.6. The Bertz CT molecular complexity index is 426. The molecule has 1 rings (SSSR count). The van der Waals surface area contributed by atoms with Gasteiger partial charge in [-0.15, -0.1) is 0 Å².